The van der Waals surface area contributed by atoms with Crippen molar-refractivity contribution in [2.45, 2.75) is 39.5 Å². The fourth-order valence-corrected chi connectivity index (χ4v) is 4.15. The number of rotatable bonds is 4. The average Bonchev–Trinajstić information content (AvgIpc) is 2.81. The van der Waals surface area contributed by atoms with Crippen LogP contribution in [-0.4, -0.2) is 62.0 Å². The van der Waals surface area contributed by atoms with E-state index >= 15 is 0 Å². The van der Waals surface area contributed by atoms with Crippen molar-refractivity contribution in [3.8, 4) is 0 Å². The van der Waals surface area contributed by atoms with Gasteiger partial charge in [0.05, 0.1) is 7.11 Å². The Morgan fingerprint density at radius 1 is 1.09 bits per heavy atom. The first kappa shape index (κ1) is 23.6. The lowest BCUT2D eigenvalue weighted by Crippen LogP contribution is -2.43. The Kier molecular flexibility index (Phi) is 7.71. The minimum Gasteiger partial charge on any atom is -0.453 e. The van der Waals surface area contributed by atoms with E-state index in [4.69, 9.17) is 4.74 Å². The van der Waals surface area contributed by atoms with Crippen molar-refractivity contribution in [2.24, 2.45) is 11.8 Å². The van der Waals surface area contributed by atoms with Crippen molar-refractivity contribution in [1.29, 1.82) is 0 Å². The lowest BCUT2D eigenvalue weighted by Gasteiger charge is -2.31. The lowest BCUT2D eigenvalue weighted by atomic mass is 9.97. The number of ether oxygens (including phenoxy) is 1. The summed E-state index contributed by atoms with van der Waals surface area (Å²) < 4.78 is 4.72. The lowest BCUT2D eigenvalue weighted by molar-refractivity contribution is -0.136. The predicted molar refractivity (Wildman–Crippen MR) is 120 cm³/mol. The van der Waals surface area contributed by atoms with Crippen LogP contribution in [0.15, 0.2) is 18.2 Å². The van der Waals surface area contributed by atoms with Crippen molar-refractivity contribution < 1.29 is 23.9 Å². The van der Waals surface area contributed by atoms with Crippen molar-refractivity contribution in [2.75, 3.05) is 43.5 Å². The van der Waals surface area contributed by atoms with Crippen LogP contribution >= 0.6 is 0 Å². The first-order valence-corrected chi connectivity index (χ1v) is 11.2. The Hall–Kier alpha value is -3.10. The summed E-state index contributed by atoms with van der Waals surface area (Å²) >= 11 is 0. The highest BCUT2D eigenvalue weighted by atomic mass is 16.5. The number of aryl methyl sites for hydroxylation is 1. The first-order chi connectivity index (χ1) is 15.3. The monoisotopic (exact) mass is 444 g/mol. The summed E-state index contributed by atoms with van der Waals surface area (Å²) in [6, 6.07) is 5.43. The van der Waals surface area contributed by atoms with E-state index in [1.54, 1.807) is 21.9 Å². The van der Waals surface area contributed by atoms with Gasteiger partial charge in [-0.1, -0.05) is 19.9 Å². The van der Waals surface area contributed by atoms with Gasteiger partial charge in [0.25, 0.3) is 0 Å². The third-order valence-corrected chi connectivity index (χ3v) is 6.03. The number of amides is 4. The van der Waals surface area contributed by atoms with Gasteiger partial charge in [-0.2, -0.15) is 0 Å². The number of piperidine rings is 1. The molecule has 4 amide bonds. The van der Waals surface area contributed by atoms with Gasteiger partial charge >= 0.3 is 17.9 Å². The van der Waals surface area contributed by atoms with E-state index in [0.717, 1.165) is 36.9 Å². The van der Waals surface area contributed by atoms with Gasteiger partial charge in [0.15, 0.2) is 0 Å². The number of fused-ring (bicyclic) bond motifs is 1. The molecule has 2 N–H and O–H groups in total. The third kappa shape index (κ3) is 5.57. The zero-order valence-corrected chi connectivity index (χ0v) is 19.0. The van der Waals surface area contributed by atoms with Crippen LogP contribution in [0.3, 0.4) is 0 Å². The molecule has 0 saturated carbocycles. The van der Waals surface area contributed by atoms with Crippen LogP contribution in [0.25, 0.3) is 0 Å². The Morgan fingerprint density at radius 3 is 2.47 bits per heavy atom. The number of carbonyl (C=O) groups is 4. The number of hydrogen-bond donors (Lipinski definition) is 2. The van der Waals surface area contributed by atoms with Crippen LogP contribution in [0.4, 0.5) is 16.2 Å². The van der Waals surface area contributed by atoms with E-state index in [-0.39, 0.29) is 23.8 Å². The van der Waals surface area contributed by atoms with Gasteiger partial charge in [0.2, 0.25) is 5.91 Å². The number of methoxy groups -OCH3 is 1. The zero-order valence-electron chi connectivity index (χ0n) is 19.0. The van der Waals surface area contributed by atoms with Crippen molar-refractivity contribution >= 4 is 35.2 Å². The van der Waals surface area contributed by atoms with Gasteiger partial charge in [-0.25, -0.2) is 4.79 Å². The van der Waals surface area contributed by atoms with E-state index in [1.165, 1.54) is 7.11 Å². The number of hydrogen-bond acceptors (Lipinski definition) is 5. The van der Waals surface area contributed by atoms with Crippen molar-refractivity contribution in [3.63, 3.8) is 0 Å². The van der Waals surface area contributed by atoms with E-state index in [0.29, 0.717) is 31.9 Å². The standard InChI is InChI=1S/C23H32N4O5/c1-15(2)22(30)27-10-4-5-17-6-7-18(13-19(17)27)25-21(29)20(28)24-14-16-8-11-26(12-9-16)23(31)32-3/h6-7,13,15-16H,4-5,8-12,14H2,1-3H3,(H,24,28)(H,25,29). The molecule has 1 aromatic carbocycles. The second-order valence-electron chi connectivity index (χ2n) is 8.66. The van der Waals surface area contributed by atoms with Crippen LogP contribution in [0.5, 0.6) is 0 Å². The molecule has 174 valence electrons. The summed E-state index contributed by atoms with van der Waals surface area (Å²) in [5, 5.41) is 5.32. The number of carbonyl (C=O) groups excluding carboxylic acids is 4. The highest BCUT2D eigenvalue weighted by molar-refractivity contribution is 6.39. The topological polar surface area (TPSA) is 108 Å². The van der Waals surface area contributed by atoms with E-state index in [1.807, 2.05) is 19.9 Å². The molecule has 3 rings (SSSR count). The highest BCUT2D eigenvalue weighted by Gasteiger charge is 2.26. The minimum absolute atomic E-state index is 0.0467. The maximum atomic E-state index is 12.6. The molecule has 0 aromatic heterocycles. The molecular weight excluding hydrogens is 412 g/mol. The fourth-order valence-electron chi connectivity index (χ4n) is 4.15. The molecule has 0 spiro atoms. The molecule has 9 nitrogen and oxygen atoms in total. The Bertz CT molecular complexity index is 877. The molecule has 0 atom stereocenters. The molecule has 0 aliphatic carbocycles. The van der Waals surface area contributed by atoms with E-state index in [2.05, 4.69) is 10.6 Å². The van der Waals surface area contributed by atoms with Gasteiger partial charge in [-0.05, 0) is 49.3 Å². The average molecular weight is 445 g/mol. The van der Waals surface area contributed by atoms with Crippen LogP contribution in [-0.2, 0) is 25.5 Å². The SMILES string of the molecule is COC(=O)N1CCC(CNC(=O)C(=O)Nc2ccc3c(c2)N(C(=O)C(C)C)CCC3)CC1. The predicted octanol–water partition coefficient (Wildman–Crippen LogP) is 2.15. The van der Waals surface area contributed by atoms with Gasteiger partial charge in [-0.15, -0.1) is 0 Å². The summed E-state index contributed by atoms with van der Waals surface area (Å²) in [6.45, 7) is 5.90. The summed E-state index contributed by atoms with van der Waals surface area (Å²) in [5.41, 5.74) is 2.34. The second kappa shape index (κ2) is 10.5. The van der Waals surface area contributed by atoms with Crippen LogP contribution in [0.2, 0.25) is 0 Å². The molecule has 32 heavy (non-hydrogen) atoms. The highest BCUT2D eigenvalue weighted by Crippen LogP contribution is 2.31. The molecule has 1 aromatic rings. The van der Waals surface area contributed by atoms with Crippen molar-refractivity contribution in [3.05, 3.63) is 23.8 Å². The maximum Gasteiger partial charge on any atom is 0.409 e. The zero-order chi connectivity index (χ0) is 23.3. The molecule has 1 fully saturated rings. The number of benzene rings is 1. The Balaban J connectivity index is 1.53. The van der Waals surface area contributed by atoms with Gasteiger partial charge in [0, 0.05) is 43.5 Å². The first-order valence-electron chi connectivity index (χ1n) is 11.2. The summed E-state index contributed by atoms with van der Waals surface area (Å²) in [5.74, 6) is -1.32. The molecule has 9 heteroatoms. The molecule has 0 radical (unpaired) electrons. The van der Waals surface area contributed by atoms with Gasteiger partial charge in [0.1, 0.15) is 0 Å². The van der Waals surface area contributed by atoms with E-state index < -0.39 is 11.8 Å². The van der Waals surface area contributed by atoms with Crippen LogP contribution in [0, 0.1) is 11.8 Å². The third-order valence-electron chi connectivity index (χ3n) is 6.03. The summed E-state index contributed by atoms with van der Waals surface area (Å²) in [6.07, 6.45) is 2.91. The Labute approximate surface area is 188 Å². The maximum absolute atomic E-state index is 12.6. The normalized spacial score (nSPS) is 16.4. The Morgan fingerprint density at radius 2 is 1.81 bits per heavy atom. The molecule has 2 aliphatic rings. The van der Waals surface area contributed by atoms with Crippen LogP contribution < -0.4 is 15.5 Å². The summed E-state index contributed by atoms with van der Waals surface area (Å²) in [4.78, 5) is 52.2. The molecule has 0 unspecified atom stereocenters. The molecule has 1 saturated heterocycles. The smallest absolute Gasteiger partial charge is 0.409 e. The number of nitrogens with zero attached hydrogens (tertiary/aromatic N) is 2. The second-order valence-corrected chi connectivity index (χ2v) is 8.66. The molecule has 0 bridgehead atoms. The number of nitrogens with one attached hydrogen (secondary N) is 2. The minimum atomic E-state index is -0.741. The van der Waals surface area contributed by atoms with E-state index in [9.17, 15) is 19.2 Å². The fraction of sp³-hybridized carbons (Fsp3) is 0.565. The molecule has 2 heterocycles. The van der Waals surface area contributed by atoms with Gasteiger partial charge < -0.3 is 25.2 Å². The molecule has 2 aliphatic heterocycles. The number of anilines is 2. The van der Waals surface area contributed by atoms with Crippen molar-refractivity contribution in [1.82, 2.24) is 10.2 Å². The summed E-state index contributed by atoms with van der Waals surface area (Å²) in [7, 11) is 1.36. The van der Waals surface area contributed by atoms with Crippen LogP contribution in [0.1, 0.15) is 38.7 Å². The molecular formula is C23H32N4O5. The number of likely N-dealkylation sites (tertiary alicyclic amines) is 1. The quantitative estimate of drug-likeness (QED) is 0.692. The largest absolute Gasteiger partial charge is 0.453 e. The van der Waals surface area contributed by atoms with Gasteiger partial charge in [-0.3, -0.25) is 14.4 Å².